The average Bonchev–Trinajstić information content (AvgIpc) is 2.22. The third-order valence-electron chi connectivity index (χ3n) is 2.39. The van der Waals surface area contributed by atoms with Crippen LogP contribution in [0.3, 0.4) is 0 Å². The zero-order chi connectivity index (χ0) is 12.8. The minimum absolute atomic E-state index is 0.459. The first-order chi connectivity index (χ1) is 7.99. The first-order valence-corrected chi connectivity index (χ1v) is 5.66. The molecule has 0 aliphatic carbocycles. The van der Waals surface area contributed by atoms with Crippen molar-refractivity contribution in [3.8, 4) is 5.75 Å². The molecule has 0 bridgehead atoms. The fraction of sp³-hybridized carbons (Fsp3) is 0.462. The van der Waals surface area contributed by atoms with Gasteiger partial charge < -0.3 is 15.2 Å². The van der Waals surface area contributed by atoms with Crippen LogP contribution in [0.5, 0.6) is 5.75 Å². The number of carboxylic acid groups (broad SMARTS) is 1. The van der Waals surface area contributed by atoms with Crippen molar-refractivity contribution in [3.63, 3.8) is 0 Å². The molecule has 0 saturated heterocycles. The summed E-state index contributed by atoms with van der Waals surface area (Å²) < 4.78 is 5.54. The topological polar surface area (TPSA) is 58.6 Å². The maximum atomic E-state index is 10.5. The van der Waals surface area contributed by atoms with E-state index in [4.69, 9.17) is 9.84 Å². The largest absolute Gasteiger partial charge is 0.492 e. The second kappa shape index (κ2) is 6.25. The highest BCUT2D eigenvalue weighted by atomic mass is 16.5. The smallest absolute Gasteiger partial charge is 0.320 e. The third-order valence-corrected chi connectivity index (χ3v) is 2.39. The van der Waals surface area contributed by atoms with E-state index >= 15 is 0 Å². The lowest BCUT2D eigenvalue weighted by Gasteiger charge is -2.11. The molecule has 0 aliphatic rings. The molecule has 0 fully saturated rings. The average molecular weight is 237 g/mol. The number of aliphatic carboxylic acids is 1. The van der Waals surface area contributed by atoms with Gasteiger partial charge >= 0.3 is 5.97 Å². The number of hydrogen-bond acceptors (Lipinski definition) is 3. The van der Waals surface area contributed by atoms with E-state index in [0.717, 1.165) is 16.9 Å². The minimum Gasteiger partial charge on any atom is -0.492 e. The van der Waals surface area contributed by atoms with Gasteiger partial charge in [-0.05, 0) is 44.0 Å². The lowest BCUT2D eigenvalue weighted by atomic mass is 10.1. The van der Waals surface area contributed by atoms with Crippen molar-refractivity contribution in [1.82, 2.24) is 5.32 Å². The Morgan fingerprint density at radius 2 is 1.94 bits per heavy atom. The van der Waals surface area contributed by atoms with E-state index in [9.17, 15) is 4.79 Å². The van der Waals surface area contributed by atoms with Crippen LogP contribution in [0, 0.1) is 13.8 Å². The Morgan fingerprint density at radius 1 is 1.35 bits per heavy atom. The van der Waals surface area contributed by atoms with Gasteiger partial charge in [0, 0.05) is 6.54 Å². The second-order valence-electron chi connectivity index (χ2n) is 4.19. The van der Waals surface area contributed by atoms with Gasteiger partial charge in [0.2, 0.25) is 0 Å². The normalized spacial score (nSPS) is 12.2. The monoisotopic (exact) mass is 237 g/mol. The van der Waals surface area contributed by atoms with Gasteiger partial charge in [-0.3, -0.25) is 4.79 Å². The number of hydrogen-bond donors (Lipinski definition) is 2. The van der Waals surface area contributed by atoms with E-state index < -0.39 is 12.0 Å². The van der Waals surface area contributed by atoms with Crippen molar-refractivity contribution < 1.29 is 14.6 Å². The number of carboxylic acids is 1. The molecule has 17 heavy (non-hydrogen) atoms. The van der Waals surface area contributed by atoms with E-state index in [-0.39, 0.29) is 0 Å². The standard InChI is InChI=1S/C13H19NO3/c1-9-6-10(2)8-12(7-9)17-5-4-14-11(3)13(15)16/h6-8,11,14H,4-5H2,1-3H3,(H,15,16)/t11-/m0/s1. The molecule has 0 saturated carbocycles. The molecule has 1 aromatic rings. The molecule has 0 aliphatic heterocycles. The predicted molar refractivity (Wildman–Crippen MR) is 66.5 cm³/mol. The molecule has 1 aromatic carbocycles. The van der Waals surface area contributed by atoms with Gasteiger partial charge in [0.25, 0.3) is 0 Å². The summed E-state index contributed by atoms with van der Waals surface area (Å²) in [6, 6.07) is 5.47. The van der Waals surface area contributed by atoms with Crippen molar-refractivity contribution in [2.45, 2.75) is 26.8 Å². The van der Waals surface area contributed by atoms with Gasteiger partial charge in [-0.1, -0.05) is 6.07 Å². The van der Waals surface area contributed by atoms with E-state index in [1.807, 2.05) is 26.0 Å². The Bertz CT molecular complexity index is 370. The Balaban J connectivity index is 2.33. The number of ether oxygens (including phenoxy) is 1. The molecule has 0 aromatic heterocycles. The van der Waals surface area contributed by atoms with Crippen molar-refractivity contribution in [3.05, 3.63) is 29.3 Å². The van der Waals surface area contributed by atoms with Crippen LogP contribution in [0.1, 0.15) is 18.1 Å². The van der Waals surface area contributed by atoms with E-state index in [1.165, 1.54) is 0 Å². The number of carbonyl (C=O) groups is 1. The highest BCUT2D eigenvalue weighted by Crippen LogP contribution is 2.15. The maximum absolute atomic E-state index is 10.5. The lowest BCUT2D eigenvalue weighted by molar-refractivity contribution is -0.139. The van der Waals surface area contributed by atoms with Gasteiger partial charge in [0.05, 0.1) is 0 Å². The molecule has 0 radical (unpaired) electrons. The summed E-state index contributed by atoms with van der Waals surface area (Å²) in [4.78, 5) is 10.5. The summed E-state index contributed by atoms with van der Waals surface area (Å²) in [6.07, 6.45) is 0. The molecule has 4 heteroatoms. The van der Waals surface area contributed by atoms with Gasteiger partial charge in [-0.2, -0.15) is 0 Å². The van der Waals surface area contributed by atoms with Crippen molar-refractivity contribution >= 4 is 5.97 Å². The van der Waals surface area contributed by atoms with Crippen LogP contribution < -0.4 is 10.1 Å². The number of benzene rings is 1. The quantitative estimate of drug-likeness (QED) is 0.740. The van der Waals surface area contributed by atoms with E-state index in [2.05, 4.69) is 11.4 Å². The molecule has 4 nitrogen and oxygen atoms in total. The molecule has 0 unspecified atom stereocenters. The van der Waals surface area contributed by atoms with Crippen LogP contribution >= 0.6 is 0 Å². The Morgan fingerprint density at radius 3 is 2.47 bits per heavy atom. The van der Waals surface area contributed by atoms with Crippen LogP contribution in [0.15, 0.2) is 18.2 Å². The maximum Gasteiger partial charge on any atom is 0.320 e. The summed E-state index contributed by atoms with van der Waals surface area (Å²) in [5, 5.41) is 11.5. The molecule has 0 heterocycles. The molecule has 2 N–H and O–H groups in total. The van der Waals surface area contributed by atoms with Gasteiger partial charge in [-0.15, -0.1) is 0 Å². The molecular formula is C13H19NO3. The summed E-state index contributed by atoms with van der Waals surface area (Å²) in [5.74, 6) is -0.0244. The Hall–Kier alpha value is -1.55. The Labute approximate surface area is 102 Å². The van der Waals surface area contributed by atoms with Gasteiger partial charge in [0.15, 0.2) is 0 Å². The van der Waals surface area contributed by atoms with E-state index in [1.54, 1.807) is 6.92 Å². The zero-order valence-electron chi connectivity index (χ0n) is 10.5. The van der Waals surface area contributed by atoms with Crippen molar-refractivity contribution in [1.29, 1.82) is 0 Å². The first-order valence-electron chi connectivity index (χ1n) is 5.66. The predicted octanol–water partition coefficient (Wildman–Crippen LogP) is 1.74. The van der Waals surface area contributed by atoms with Crippen LogP contribution in [-0.2, 0) is 4.79 Å². The van der Waals surface area contributed by atoms with Gasteiger partial charge in [0.1, 0.15) is 18.4 Å². The van der Waals surface area contributed by atoms with Crippen LogP contribution in [0.4, 0.5) is 0 Å². The molecule has 1 rings (SSSR count). The van der Waals surface area contributed by atoms with Crippen LogP contribution in [-0.4, -0.2) is 30.3 Å². The van der Waals surface area contributed by atoms with Crippen LogP contribution in [0.2, 0.25) is 0 Å². The molecule has 0 spiro atoms. The summed E-state index contributed by atoms with van der Waals surface area (Å²) >= 11 is 0. The fourth-order valence-corrected chi connectivity index (χ4v) is 1.55. The fourth-order valence-electron chi connectivity index (χ4n) is 1.55. The highest BCUT2D eigenvalue weighted by molar-refractivity contribution is 5.72. The summed E-state index contributed by atoms with van der Waals surface area (Å²) in [6.45, 7) is 6.62. The number of rotatable bonds is 6. The molecule has 0 amide bonds. The second-order valence-corrected chi connectivity index (χ2v) is 4.19. The first kappa shape index (κ1) is 13.5. The third kappa shape index (κ3) is 4.87. The number of nitrogens with one attached hydrogen (secondary N) is 1. The molecule has 1 atom stereocenters. The SMILES string of the molecule is Cc1cc(C)cc(OCCN[C@@H](C)C(=O)O)c1. The minimum atomic E-state index is -0.851. The lowest BCUT2D eigenvalue weighted by Crippen LogP contribution is -2.36. The van der Waals surface area contributed by atoms with Crippen molar-refractivity contribution in [2.75, 3.05) is 13.2 Å². The highest BCUT2D eigenvalue weighted by Gasteiger charge is 2.08. The molecular weight excluding hydrogens is 218 g/mol. The summed E-state index contributed by atoms with van der Waals surface area (Å²) in [5.41, 5.74) is 2.32. The summed E-state index contributed by atoms with van der Waals surface area (Å²) in [7, 11) is 0. The Kier molecular flexibility index (Phi) is 4.97. The van der Waals surface area contributed by atoms with E-state index in [0.29, 0.717) is 13.2 Å². The molecule has 94 valence electrons. The van der Waals surface area contributed by atoms with Gasteiger partial charge in [-0.25, -0.2) is 0 Å². The zero-order valence-corrected chi connectivity index (χ0v) is 10.5. The van der Waals surface area contributed by atoms with Crippen molar-refractivity contribution in [2.24, 2.45) is 0 Å². The van der Waals surface area contributed by atoms with Crippen LogP contribution in [0.25, 0.3) is 0 Å². The number of aryl methyl sites for hydroxylation is 2.